The molecule has 4 aromatic rings. The topological polar surface area (TPSA) is 76.3 Å². The van der Waals surface area contributed by atoms with Crippen molar-refractivity contribution in [1.29, 1.82) is 0 Å². The molecule has 3 aromatic heterocycles. The number of carbonyl (C=O) groups excluding carboxylic acids is 1. The molecule has 0 radical (unpaired) electrons. The largest absolute Gasteiger partial charge is 0.450 e. The van der Waals surface area contributed by atoms with E-state index in [-0.39, 0.29) is 16.8 Å². The number of hydrogen-bond donors (Lipinski definition) is 0. The van der Waals surface area contributed by atoms with Crippen LogP contribution in [-0.2, 0) is 0 Å². The van der Waals surface area contributed by atoms with Gasteiger partial charge in [0.25, 0.3) is 5.91 Å². The molecule has 4 heterocycles. The third-order valence-corrected chi connectivity index (χ3v) is 4.96. The molecule has 0 saturated carbocycles. The quantitative estimate of drug-likeness (QED) is 0.518. The molecule has 0 N–H and O–H groups in total. The Kier molecular flexibility index (Phi) is 3.74. The molecule has 136 valence electrons. The number of fused-ring (bicyclic) bond motifs is 2. The van der Waals surface area contributed by atoms with Crippen LogP contribution in [-0.4, -0.2) is 15.9 Å². The fourth-order valence-corrected chi connectivity index (χ4v) is 3.70. The van der Waals surface area contributed by atoms with Crippen LogP contribution in [0, 0.1) is 0 Å². The Morgan fingerprint density at radius 2 is 1.93 bits per heavy atom. The molecule has 0 saturated heterocycles. The van der Waals surface area contributed by atoms with Crippen molar-refractivity contribution >= 4 is 34.3 Å². The average molecular weight is 390 g/mol. The molecule has 28 heavy (non-hydrogen) atoms. The Morgan fingerprint density at radius 3 is 2.68 bits per heavy atom. The molecule has 1 amide bonds. The van der Waals surface area contributed by atoms with Gasteiger partial charge in [0.15, 0.2) is 5.43 Å². The number of halogens is 1. The maximum Gasteiger partial charge on any atom is 0.296 e. The zero-order valence-corrected chi connectivity index (χ0v) is 15.1. The Morgan fingerprint density at radius 1 is 1.04 bits per heavy atom. The molecule has 1 aliphatic heterocycles. The molecular formula is C21H12ClN3O3. The molecule has 0 fully saturated rings. The number of pyridine rings is 2. The van der Waals surface area contributed by atoms with Gasteiger partial charge < -0.3 is 4.42 Å². The van der Waals surface area contributed by atoms with Gasteiger partial charge in [0, 0.05) is 23.6 Å². The van der Waals surface area contributed by atoms with Gasteiger partial charge in [-0.15, -0.1) is 0 Å². The lowest BCUT2D eigenvalue weighted by molar-refractivity contribution is 0.0970. The van der Waals surface area contributed by atoms with Crippen molar-refractivity contribution in [2.45, 2.75) is 6.04 Å². The third-order valence-electron chi connectivity index (χ3n) is 4.73. The van der Waals surface area contributed by atoms with E-state index < -0.39 is 11.9 Å². The first-order chi connectivity index (χ1) is 13.6. The number of carbonyl (C=O) groups is 1. The molecule has 5 rings (SSSR count). The van der Waals surface area contributed by atoms with Gasteiger partial charge >= 0.3 is 0 Å². The summed E-state index contributed by atoms with van der Waals surface area (Å²) in [5, 5.41) is 0.749. The number of aromatic nitrogens is 2. The Labute approximate surface area is 164 Å². The minimum Gasteiger partial charge on any atom is -0.450 e. The van der Waals surface area contributed by atoms with Gasteiger partial charge in [-0.05, 0) is 42.0 Å². The first-order valence-electron chi connectivity index (χ1n) is 8.56. The highest BCUT2D eigenvalue weighted by Crippen LogP contribution is 2.40. The number of anilines is 1. The molecule has 1 aliphatic rings. The van der Waals surface area contributed by atoms with Gasteiger partial charge in [0.1, 0.15) is 11.4 Å². The standard InChI is InChI=1S/C21H12ClN3O3/c22-13-6-7-15-14(10-13)19(26)17-18(12-4-3-8-23-11-12)25(21(27)20(17)28-15)16-5-1-2-9-24-16/h1-11,18H. The monoisotopic (exact) mass is 389 g/mol. The summed E-state index contributed by atoms with van der Waals surface area (Å²) in [4.78, 5) is 36.5. The Hall–Kier alpha value is -3.51. The minimum atomic E-state index is -0.689. The summed E-state index contributed by atoms with van der Waals surface area (Å²) >= 11 is 6.07. The van der Waals surface area contributed by atoms with Gasteiger partial charge in [-0.1, -0.05) is 23.7 Å². The highest BCUT2D eigenvalue weighted by atomic mass is 35.5. The lowest BCUT2D eigenvalue weighted by Crippen LogP contribution is -2.30. The van der Waals surface area contributed by atoms with Crippen molar-refractivity contribution in [3.8, 4) is 0 Å². The normalized spacial score (nSPS) is 15.8. The van der Waals surface area contributed by atoms with E-state index in [1.54, 1.807) is 61.1 Å². The lowest BCUT2D eigenvalue weighted by Gasteiger charge is -2.23. The van der Waals surface area contributed by atoms with Gasteiger partial charge in [0.05, 0.1) is 17.0 Å². The maximum absolute atomic E-state index is 13.3. The van der Waals surface area contributed by atoms with Crippen molar-refractivity contribution in [3.63, 3.8) is 0 Å². The van der Waals surface area contributed by atoms with Crippen LogP contribution in [0.3, 0.4) is 0 Å². The zero-order chi connectivity index (χ0) is 19.3. The van der Waals surface area contributed by atoms with E-state index in [0.29, 0.717) is 27.4 Å². The summed E-state index contributed by atoms with van der Waals surface area (Å²) in [6.45, 7) is 0. The van der Waals surface area contributed by atoms with Crippen molar-refractivity contribution in [2.24, 2.45) is 0 Å². The Bertz CT molecular complexity index is 1270. The molecule has 0 aliphatic carbocycles. The van der Waals surface area contributed by atoms with Gasteiger partial charge in [-0.3, -0.25) is 19.5 Å². The van der Waals surface area contributed by atoms with Crippen LogP contribution in [0.4, 0.5) is 5.82 Å². The predicted octanol–water partition coefficient (Wildman–Crippen LogP) is 3.99. The highest BCUT2D eigenvalue weighted by molar-refractivity contribution is 6.31. The smallest absolute Gasteiger partial charge is 0.296 e. The van der Waals surface area contributed by atoms with E-state index >= 15 is 0 Å². The fourth-order valence-electron chi connectivity index (χ4n) is 3.53. The fraction of sp³-hybridized carbons (Fsp3) is 0.0476. The number of nitrogens with zero attached hydrogens (tertiary/aromatic N) is 3. The first-order valence-corrected chi connectivity index (χ1v) is 8.94. The second-order valence-electron chi connectivity index (χ2n) is 6.37. The van der Waals surface area contributed by atoms with Crippen LogP contribution in [0.1, 0.15) is 27.7 Å². The van der Waals surface area contributed by atoms with Gasteiger partial charge in [-0.2, -0.15) is 0 Å². The molecule has 1 unspecified atom stereocenters. The van der Waals surface area contributed by atoms with E-state index in [4.69, 9.17) is 16.0 Å². The van der Waals surface area contributed by atoms with Crippen LogP contribution in [0.5, 0.6) is 0 Å². The van der Waals surface area contributed by atoms with E-state index in [2.05, 4.69) is 9.97 Å². The molecule has 7 heteroatoms. The zero-order valence-electron chi connectivity index (χ0n) is 14.4. The summed E-state index contributed by atoms with van der Waals surface area (Å²) in [5.41, 5.74) is 0.973. The van der Waals surface area contributed by atoms with Crippen molar-refractivity contribution < 1.29 is 9.21 Å². The van der Waals surface area contributed by atoms with Crippen LogP contribution in [0.15, 0.2) is 76.3 Å². The van der Waals surface area contributed by atoms with E-state index in [9.17, 15) is 9.59 Å². The van der Waals surface area contributed by atoms with Gasteiger partial charge in [-0.25, -0.2) is 4.98 Å². The molecule has 1 atom stereocenters. The minimum absolute atomic E-state index is 0.0133. The average Bonchev–Trinajstić information content (AvgIpc) is 3.03. The van der Waals surface area contributed by atoms with E-state index in [1.807, 2.05) is 6.07 Å². The second kappa shape index (κ2) is 6.28. The first kappa shape index (κ1) is 16.6. The summed E-state index contributed by atoms with van der Waals surface area (Å²) in [6, 6.07) is 12.9. The second-order valence-corrected chi connectivity index (χ2v) is 6.80. The molecule has 0 bridgehead atoms. The van der Waals surface area contributed by atoms with Gasteiger partial charge in [0.2, 0.25) is 5.76 Å². The lowest BCUT2D eigenvalue weighted by atomic mass is 10.00. The van der Waals surface area contributed by atoms with Crippen LogP contribution in [0.25, 0.3) is 11.0 Å². The number of hydrogen-bond acceptors (Lipinski definition) is 5. The van der Waals surface area contributed by atoms with Crippen molar-refractivity contribution in [3.05, 3.63) is 99.3 Å². The van der Waals surface area contributed by atoms with Crippen molar-refractivity contribution in [1.82, 2.24) is 9.97 Å². The summed E-state index contributed by atoms with van der Waals surface area (Å²) in [6.07, 6.45) is 4.86. The number of benzene rings is 1. The molecular weight excluding hydrogens is 378 g/mol. The van der Waals surface area contributed by atoms with Crippen molar-refractivity contribution in [2.75, 3.05) is 4.90 Å². The number of rotatable bonds is 2. The third kappa shape index (κ3) is 2.42. The summed E-state index contributed by atoms with van der Waals surface area (Å²) < 4.78 is 5.86. The SMILES string of the molecule is O=C1c2oc3ccc(Cl)cc3c(=O)c2C(c2cccnc2)N1c1ccccn1. The van der Waals surface area contributed by atoms with E-state index in [0.717, 1.165) is 0 Å². The molecule has 6 nitrogen and oxygen atoms in total. The predicted molar refractivity (Wildman–Crippen MR) is 105 cm³/mol. The maximum atomic E-state index is 13.3. The number of amides is 1. The Balaban J connectivity index is 1.84. The van der Waals surface area contributed by atoms with Crippen LogP contribution >= 0.6 is 11.6 Å². The van der Waals surface area contributed by atoms with Crippen LogP contribution < -0.4 is 10.3 Å². The van der Waals surface area contributed by atoms with E-state index in [1.165, 1.54) is 4.90 Å². The molecule has 1 aromatic carbocycles. The highest BCUT2D eigenvalue weighted by Gasteiger charge is 2.44. The van der Waals surface area contributed by atoms with Crippen LogP contribution in [0.2, 0.25) is 5.02 Å². The summed E-state index contributed by atoms with van der Waals surface area (Å²) in [5.74, 6) is 0.0186. The summed E-state index contributed by atoms with van der Waals surface area (Å²) in [7, 11) is 0. The molecule has 0 spiro atoms.